The van der Waals surface area contributed by atoms with Crippen molar-refractivity contribution in [1.29, 1.82) is 0 Å². The standard InChI is InChI=1S/C17H21BrN2O3/c18-14-7-13(9-20-17(14)19)12-1-2-16(15(21)8-12)23-10-11-3-5-22-6-4-11/h1-2,8-9,11,14,21H,3-7,10H2,(H2,19,20). The SMILES string of the molecule is NC1=NC=C(c2ccc(OCC3CCOCC3)c(O)c2)CC1Br. The van der Waals surface area contributed by atoms with Crippen LogP contribution in [0.4, 0.5) is 0 Å². The number of halogens is 1. The summed E-state index contributed by atoms with van der Waals surface area (Å²) in [5.74, 6) is 1.75. The third kappa shape index (κ3) is 4.06. The summed E-state index contributed by atoms with van der Waals surface area (Å²) in [5, 5.41) is 10.2. The number of aromatic hydroxyl groups is 1. The highest BCUT2D eigenvalue weighted by Gasteiger charge is 2.19. The average Bonchev–Trinajstić information content (AvgIpc) is 2.57. The fourth-order valence-electron chi connectivity index (χ4n) is 2.74. The third-order valence-electron chi connectivity index (χ3n) is 4.23. The van der Waals surface area contributed by atoms with E-state index in [9.17, 15) is 5.11 Å². The summed E-state index contributed by atoms with van der Waals surface area (Å²) >= 11 is 3.50. The summed E-state index contributed by atoms with van der Waals surface area (Å²) in [7, 11) is 0. The summed E-state index contributed by atoms with van der Waals surface area (Å²) < 4.78 is 11.1. The second kappa shape index (κ2) is 7.36. The number of benzene rings is 1. The van der Waals surface area contributed by atoms with Gasteiger partial charge in [0.25, 0.3) is 0 Å². The van der Waals surface area contributed by atoms with E-state index in [4.69, 9.17) is 15.2 Å². The predicted octanol–water partition coefficient (Wildman–Crippen LogP) is 3.06. The van der Waals surface area contributed by atoms with Gasteiger partial charge in [-0.3, -0.25) is 0 Å². The molecule has 124 valence electrons. The van der Waals surface area contributed by atoms with E-state index >= 15 is 0 Å². The van der Waals surface area contributed by atoms with Gasteiger partial charge in [0, 0.05) is 19.4 Å². The molecule has 1 fully saturated rings. The Labute approximate surface area is 144 Å². The Balaban J connectivity index is 1.66. The first-order valence-corrected chi connectivity index (χ1v) is 8.75. The monoisotopic (exact) mass is 380 g/mol. The molecule has 23 heavy (non-hydrogen) atoms. The fourth-order valence-corrected chi connectivity index (χ4v) is 3.20. The lowest BCUT2D eigenvalue weighted by molar-refractivity contribution is 0.0494. The number of phenols is 1. The first-order chi connectivity index (χ1) is 11.1. The zero-order chi connectivity index (χ0) is 16.2. The van der Waals surface area contributed by atoms with Crippen molar-refractivity contribution >= 4 is 27.3 Å². The van der Waals surface area contributed by atoms with Gasteiger partial charge in [-0.2, -0.15) is 0 Å². The van der Waals surface area contributed by atoms with Gasteiger partial charge in [-0.1, -0.05) is 22.0 Å². The van der Waals surface area contributed by atoms with E-state index < -0.39 is 0 Å². The maximum absolute atomic E-state index is 10.2. The van der Waals surface area contributed by atoms with Gasteiger partial charge in [0.1, 0.15) is 5.84 Å². The molecule has 0 radical (unpaired) electrons. The highest BCUT2D eigenvalue weighted by atomic mass is 79.9. The minimum atomic E-state index is 0.0362. The molecule has 1 atom stereocenters. The summed E-state index contributed by atoms with van der Waals surface area (Å²) in [6.45, 7) is 2.21. The van der Waals surface area contributed by atoms with E-state index in [1.54, 1.807) is 12.3 Å². The Morgan fingerprint density at radius 1 is 1.35 bits per heavy atom. The zero-order valence-corrected chi connectivity index (χ0v) is 14.5. The van der Waals surface area contributed by atoms with Crippen LogP contribution >= 0.6 is 15.9 Å². The van der Waals surface area contributed by atoms with Crippen molar-refractivity contribution in [2.45, 2.75) is 24.1 Å². The number of phenolic OH excluding ortho intramolecular Hbond substituents is 1. The first kappa shape index (κ1) is 16.3. The van der Waals surface area contributed by atoms with Crippen LogP contribution in [0.1, 0.15) is 24.8 Å². The summed E-state index contributed by atoms with van der Waals surface area (Å²) in [4.78, 5) is 4.22. The Hall–Kier alpha value is -1.53. The van der Waals surface area contributed by atoms with Crippen LogP contribution in [0, 0.1) is 5.92 Å². The summed E-state index contributed by atoms with van der Waals surface area (Å²) in [5.41, 5.74) is 7.73. The molecule has 3 rings (SSSR count). The lowest BCUT2D eigenvalue weighted by atomic mass is 9.99. The van der Waals surface area contributed by atoms with E-state index in [0.29, 0.717) is 24.1 Å². The van der Waals surface area contributed by atoms with Gasteiger partial charge >= 0.3 is 0 Å². The molecule has 6 heteroatoms. The summed E-state index contributed by atoms with van der Waals surface area (Å²) in [6.07, 6.45) is 4.52. The fraction of sp³-hybridized carbons (Fsp3) is 0.471. The topological polar surface area (TPSA) is 77.1 Å². The Morgan fingerprint density at radius 2 is 2.13 bits per heavy atom. The van der Waals surface area contributed by atoms with Crippen LogP contribution in [0.25, 0.3) is 5.57 Å². The molecule has 1 saturated heterocycles. The lowest BCUT2D eigenvalue weighted by Crippen LogP contribution is -2.25. The molecule has 5 nitrogen and oxygen atoms in total. The number of aliphatic imine (C=N–C) groups is 1. The largest absolute Gasteiger partial charge is 0.504 e. The molecular formula is C17H21BrN2O3. The van der Waals surface area contributed by atoms with Crippen LogP contribution in [0.5, 0.6) is 11.5 Å². The molecule has 2 aliphatic rings. The number of nitrogens with two attached hydrogens (primary N) is 1. The number of rotatable bonds is 4. The molecule has 3 N–H and O–H groups in total. The zero-order valence-electron chi connectivity index (χ0n) is 12.9. The normalized spacial score (nSPS) is 22.4. The molecule has 0 aliphatic carbocycles. The van der Waals surface area contributed by atoms with Gasteiger partial charge in [0.05, 0.1) is 11.4 Å². The molecule has 0 bridgehead atoms. The predicted molar refractivity (Wildman–Crippen MR) is 94.1 cm³/mol. The maximum Gasteiger partial charge on any atom is 0.160 e. The number of hydrogen-bond acceptors (Lipinski definition) is 5. The quantitative estimate of drug-likeness (QED) is 0.786. The van der Waals surface area contributed by atoms with Crippen LogP contribution < -0.4 is 10.5 Å². The Kier molecular flexibility index (Phi) is 5.23. The van der Waals surface area contributed by atoms with E-state index in [2.05, 4.69) is 20.9 Å². The number of nitrogens with zero attached hydrogens (tertiary/aromatic N) is 1. The van der Waals surface area contributed by atoms with E-state index in [0.717, 1.165) is 43.6 Å². The van der Waals surface area contributed by atoms with Gasteiger partial charge in [-0.25, -0.2) is 4.99 Å². The van der Waals surface area contributed by atoms with Crippen LogP contribution in [0.2, 0.25) is 0 Å². The minimum absolute atomic E-state index is 0.0362. The van der Waals surface area contributed by atoms with Gasteiger partial charge < -0.3 is 20.3 Å². The van der Waals surface area contributed by atoms with Crippen molar-refractivity contribution in [3.8, 4) is 11.5 Å². The van der Waals surface area contributed by atoms with E-state index in [1.807, 2.05) is 12.1 Å². The van der Waals surface area contributed by atoms with Crippen LogP contribution in [-0.2, 0) is 4.74 Å². The number of alkyl halides is 1. The van der Waals surface area contributed by atoms with Gasteiger partial charge in [0.15, 0.2) is 11.5 Å². The molecule has 2 heterocycles. The van der Waals surface area contributed by atoms with Crippen molar-refractivity contribution in [3.63, 3.8) is 0 Å². The Bertz CT molecular complexity index is 624. The number of allylic oxidation sites excluding steroid dienone is 1. The molecule has 0 amide bonds. The molecule has 0 aromatic heterocycles. The number of ether oxygens (including phenoxy) is 2. The van der Waals surface area contributed by atoms with Crippen molar-refractivity contribution in [3.05, 3.63) is 30.0 Å². The smallest absolute Gasteiger partial charge is 0.160 e. The number of amidine groups is 1. The summed E-state index contributed by atoms with van der Waals surface area (Å²) in [6, 6.07) is 5.49. The second-order valence-corrected chi connectivity index (χ2v) is 7.03. The molecule has 1 aromatic carbocycles. The average molecular weight is 381 g/mol. The maximum atomic E-state index is 10.2. The molecule has 1 aromatic rings. The van der Waals surface area contributed by atoms with Crippen LogP contribution in [0.15, 0.2) is 29.4 Å². The highest BCUT2D eigenvalue weighted by Crippen LogP contribution is 2.33. The Morgan fingerprint density at radius 3 is 2.83 bits per heavy atom. The number of hydrogen-bond donors (Lipinski definition) is 2. The lowest BCUT2D eigenvalue weighted by Gasteiger charge is -2.22. The minimum Gasteiger partial charge on any atom is -0.504 e. The van der Waals surface area contributed by atoms with E-state index in [-0.39, 0.29) is 10.6 Å². The van der Waals surface area contributed by atoms with Gasteiger partial charge in [-0.15, -0.1) is 0 Å². The third-order valence-corrected chi connectivity index (χ3v) is 5.03. The van der Waals surface area contributed by atoms with Crippen LogP contribution in [-0.4, -0.2) is 35.6 Å². The van der Waals surface area contributed by atoms with Gasteiger partial charge in [0.2, 0.25) is 0 Å². The van der Waals surface area contributed by atoms with Crippen molar-refractivity contribution in [1.82, 2.24) is 0 Å². The van der Waals surface area contributed by atoms with Crippen molar-refractivity contribution < 1.29 is 14.6 Å². The molecule has 2 aliphatic heterocycles. The van der Waals surface area contributed by atoms with Gasteiger partial charge in [-0.05, 0) is 48.4 Å². The second-order valence-electron chi connectivity index (χ2n) is 5.93. The first-order valence-electron chi connectivity index (χ1n) is 7.83. The molecule has 0 saturated carbocycles. The van der Waals surface area contributed by atoms with Crippen molar-refractivity contribution in [2.75, 3.05) is 19.8 Å². The molecular weight excluding hydrogens is 360 g/mol. The van der Waals surface area contributed by atoms with Crippen molar-refractivity contribution in [2.24, 2.45) is 16.6 Å². The van der Waals surface area contributed by atoms with E-state index in [1.165, 1.54) is 0 Å². The highest BCUT2D eigenvalue weighted by molar-refractivity contribution is 9.10. The van der Waals surface area contributed by atoms with Crippen LogP contribution in [0.3, 0.4) is 0 Å². The molecule has 1 unspecified atom stereocenters. The molecule has 0 spiro atoms.